The second kappa shape index (κ2) is 5.52. The van der Waals surface area contributed by atoms with Gasteiger partial charge in [-0.15, -0.1) is 0 Å². The zero-order chi connectivity index (χ0) is 26.3. The third kappa shape index (κ3) is 1.62. The van der Waals surface area contributed by atoms with Gasteiger partial charge in [0.15, 0.2) is 0 Å². The van der Waals surface area contributed by atoms with Crippen molar-refractivity contribution in [1.29, 1.82) is 0 Å². The normalized spacial score (nSPS) is 18.2. The van der Waals surface area contributed by atoms with Crippen LogP contribution in [0.2, 0.25) is 0 Å². The summed E-state index contributed by atoms with van der Waals surface area (Å²) in [5.74, 6) is 0.324. The van der Waals surface area contributed by atoms with Crippen LogP contribution in [0.25, 0.3) is 109 Å². The Kier molecular flexibility index (Phi) is 2.51. The van der Waals surface area contributed by atoms with Gasteiger partial charge in [0, 0.05) is 5.92 Å². The molecule has 0 radical (unpaired) electrons. The standard InChI is InChI=1S/C41H17B/c1-5-19-13-21-9-11-25-15-23-7-3-18-4-8-24-16-26-12-10-22-14-20-6-2-17(1)27-29(19)37-31(21)35(25)39-33(23)28(18)34(24)40-36(26)32(22)38(30(20)27)41(37)42(39)40/h1-16,23H. The molecule has 0 bridgehead atoms. The Labute approximate surface area is 239 Å². The number of rotatable bonds is 0. The maximum atomic E-state index is 2.56. The van der Waals surface area contributed by atoms with Gasteiger partial charge in [0.25, 0.3) is 0 Å². The molecular formula is C41H17B. The van der Waals surface area contributed by atoms with Crippen molar-refractivity contribution in [3.63, 3.8) is 0 Å². The Morgan fingerprint density at radius 2 is 1.00 bits per heavy atom. The maximum absolute atomic E-state index is 2.56. The molecular weight excluding hydrogens is 503 g/mol. The van der Waals surface area contributed by atoms with E-state index in [1.54, 1.807) is 22.0 Å². The first-order valence-electron chi connectivity index (χ1n) is 15.3. The monoisotopic (exact) mass is 520 g/mol. The first-order valence-corrected chi connectivity index (χ1v) is 15.3. The second-order valence-electron chi connectivity index (χ2n) is 13.5. The smallest absolute Gasteiger partial charge is 0.0726 e. The van der Waals surface area contributed by atoms with E-state index < -0.39 is 0 Å². The largest absolute Gasteiger partial charge is 0.245 e. The van der Waals surface area contributed by atoms with Crippen LogP contribution < -0.4 is 16.1 Å². The first kappa shape index (κ1) is 19.1. The number of benzene rings is 9. The lowest BCUT2D eigenvalue weighted by Gasteiger charge is -2.43. The van der Waals surface area contributed by atoms with Crippen molar-refractivity contribution >= 4 is 127 Å². The van der Waals surface area contributed by atoms with E-state index in [9.17, 15) is 0 Å². The van der Waals surface area contributed by atoms with Gasteiger partial charge in [0.1, 0.15) is 0 Å². The predicted molar refractivity (Wildman–Crippen MR) is 182 cm³/mol. The summed E-state index contributed by atoms with van der Waals surface area (Å²) in [6.45, 7) is 0.270. The van der Waals surface area contributed by atoms with Gasteiger partial charge in [-0.25, -0.2) is 0 Å². The van der Waals surface area contributed by atoms with Gasteiger partial charge in [-0.3, -0.25) is 0 Å². The molecule has 5 aliphatic rings. The Bertz CT molecular complexity index is 3110. The fourth-order valence-corrected chi connectivity index (χ4v) is 10.7. The highest BCUT2D eigenvalue weighted by Crippen LogP contribution is 2.55. The first-order chi connectivity index (χ1) is 20.8. The maximum Gasteiger partial charge on any atom is 0.245 e. The number of hydrogen-bond donors (Lipinski definition) is 0. The minimum absolute atomic E-state index is 0.270. The van der Waals surface area contributed by atoms with Crippen LogP contribution in [0, 0.1) is 5.92 Å². The van der Waals surface area contributed by atoms with Crippen LogP contribution in [-0.2, 0) is 0 Å². The Morgan fingerprint density at radius 3 is 1.79 bits per heavy atom. The van der Waals surface area contributed by atoms with Crippen molar-refractivity contribution in [2.75, 3.05) is 0 Å². The summed E-state index contributed by atoms with van der Waals surface area (Å²) in [5.41, 5.74) is 10.8. The molecule has 14 rings (SSSR count). The van der Waals surface area contributed by atoms with Gasteiger partial charge in [0.2, 0.25) is 6.71 Å². The molecule has 0 nitrogen and oxygen atoms in total. The SMILES string of the molecule is C1=CC2C=c3ccc4cc5ccc6ccc7cc8ccc9cc%10ccc1c1c%10c%10c9c8c8c9c(c4c3C(=C12)B%109)c5c6c78. The number of allylic oxidation sites excluding steroid dienone is 2. The van der Waals surface area contributed by atoms with Gasteiger partial charge < -0.3 is 0 Å². The molecule has 0 amide bonds. The molecule has 3 heterocycles. The van der Waals surface area contributed by atoms with E-state index in [-0.39, 0.29) is 6.71 Å². The lowest BCUT2D eigenvalue weighted by molar-refractivity contribution is 1.14. The topological polar surface area (TPSA) is 0 Å². The molecule has 0 saturated heterocycles. The molecule has 1 atom stereocenters. The summed E-state index contributed by atoms with van der Waals surface area (Å²) in [6.07, 6.45) is 7.42. The van der Waals surface area contributed by atoms with Crippen LogP contribution in [0.1, 0.15) is 16.7 Å². The van der Waals surface area contributed by atoms with Gasteiger partial charge in [-0.1, -0.05) is 95.3 Å². The fraction of sp³-hybridized carbons (Fsp3) is 0.0244. The molecule has 0 aromatic heterocycles. The second-order valence-corrected chi connectivity index (χ2v) is 13.5. The van der Waals surface area contributed by atoms with Crippen molar-refractivity contribution < 1.29 is 0 Å². The van der Waals surface area contributed by atoms with E-state index in [2.05, 4.69) is 97.1 Å². The zero-order valence-electron chi connectivity index (χ0n) is 22.4. The van der Waals surface area contributed by atoms with Gasteiger partial charge in [0.05, 0.1) is 0 Å². The summed E-state index contributed by atoms with van der Waals surface area (Å²) in [6, 6.07) is 31.3. The van der Waals surface area contributed by atoms with Crippen LogP contribution in [-0.4, -0.2) is 6.71 Å². The van der Waals surface area contributed by atoms with Crippen LogP contribution in [0.4, 0.5) is 0 Å². The lowest BCUT2D eigenvalue weighted by Crippen LogP contribution is -2.52. The predicted octanol–water partition coefficient (Wildman–Crippen LogP) is 8.21. The van der Waals surface area contributed by atoms with Crippen LogP contribution in [0.15, 0.2) is 84.9 Å². The molecule has 0 spiro atoms. The highest BCUT2D eigenvalue weighted by molar-refractivity contribution is 7.09. The summed E-state index contributed by atoms with van der Waals surface area (Å²) in [4.78, 5) is 0. The average Bonchev–Trinajstić information content (AvgIpc) is 3.03. The van der Waals surface area contributed by atoms with E-state index in [1.807, 2.05) is 0 Å². The molecule has 3 aliphatic heterocycles. The van der Waals surface area contributed by atoms with Crippen LogP contribution in [0.5, 0.6) is 0 Å². The quantitative estimate of drug-likeness (QED) is 0.107. The molecule has 2 aliphatic carbocycles. The average molecular weight is 520 g/mol. The van der Waals surface area contributed by atoms with Crippen LogP contribution >= 0.6 is 0 Å². The van der Waals surface area contributed by atoms with E-state index in [0.717, 1.165) is 0 Å². The minimum atomic E-state index is 0.270. The molecule has 1 unspecified atom stereocenters. The van der Waals surface area contributed by atoms with Crippen molar-refractivity contribution in [3.8, 4) is 0 Å². The van der Waals surface area contributed by atoms with E-state index in [4.69, 9.17) is 0 Å². The third-order valence-electron chi connectivity index (χ3n) is 11.9. The van der Waals surface area contributed by atoms with Gasteiger partial charge in [-0.2, -0.15) is 0 Å². The summed E-state index contributed by atoms with van der Waals surface area (Å²) >= 11 is 0. The van der Waals surface area contributed by atoms with Crippen molar-refractivity contribution in [2.24, 2.45) is 5.92 Å². The third-order valence-corrected chi connectivity index (χ3v) is 11.9. The van der Waals surface area contributed by atoms with E-state index >= 15 is 0 Å². The van der Waals surface area contributed by atoms with Crippen LogP contribution in [0.3, 0.4) is 0 Å². The summed E-state index contributed by atoms with van der Waals surface area (Å²) < 4.78 is 0. The molecule has 184 valence electrons. The van der Waals surface area contributed by atoms with E-state index in [0.29, 0.717) is 5.92 Å². The fourth-order valence-electron chi connectivity index (χ4n) is 10.7. The molecule has 1 heteroatoms. The van der Waals surface area contributed by atoms with Gasteiger partial charge in [-0.05, 0) is 132 Å². The lowest BCUT2D eigenvalue weighted by atomic mass is 9.27. The van der Waals surface area contributed by atoms with Gasteiger partial charge >= 0.3 is 0 Å². The summed E-state index contributed by atoms with van der Waals surface area (Å²) in [5, 5.41) is 24.6. The highest BCUT2D eigenvalue weighted by Gasteiger charge is 2.47. The Morgan fingerprint density at radius 1 is 0.452 bits per heavy atom. The summed E-state index contributed by atoms with van der Waals surface area (Å²) in [7, 11) is 0. The zero-order valence-corrected chi connectivity index (χ0v) is 22.4. The van der Waals surface area contributed by atoms with Crippen molar-refractivity contribution in [3.05, 3.63) is 107 Å². The molecule has 0 fully saturated rings. The molecule has 0 saturated carbocycles. The van der Waals surface area contributed by atoms with E-state index in [1.165, 1.54) is 108 Å². The molecule has 0 N–H and O–H groups in total. The Hall–Kier alpha value is -5.14. The highest BCUT2D eigenvalue weighted by atomic mass is 14.4. The molecule has 9 aromatic rings. The molecule has 9 aromatic carbocycles. The van der Waals surface area contributed by atoms with Crippen molar-refractivity contribution in [2.45, 2.75) is 0 Å². The number of hydrogen-bond acceptors (Lipinski definition) is 0. The Balaban J connectivity index is 1.50. The van der Waals surface area contributed by atoms with Crippen molar-refractivity contribution in [1.82, 2.24) is 0 Å². The minimum Gasteiger partial charge on any atom is -0.0726 e. The molecule has 42 heavy (non-hydrogen) atoms.